The smallest absolute Gasteiger partial charge is 0.151 e. The Labute approximate surface area is 202 Å². The molecule has 162 valence electrons. The molecule has 0 amide bonds. The second kappa shape index (κ2) is 7.41. The summed E-state index contributed by atoms with van der Waals surface area (Å²) >= 11 is 6.63. The number of benzene rings is 5. The Morgan fingerprint density at radius 1 is 0.529 bits per heavy atom. The van der Waals surface area contributed by atoms with Gasteiger partial charge < -0.3 is 14.2 Å². The van der Waals surface area contributed by atoms with Gasteiger partial charge in [-0.2, -0.15) is 0 Å². The van der Waals surface area contributed by atoms with Crippen molar-refractivity contribution in [2.45, 2.75) is 0 Å². The van der Waals surface area contributed by atoms with E-state index in [2.05, 4.69) is 76.2 Å². The third-order valence-corrected chi connectivity index (χ3v) is 6.76. The molecule has 0 fully saturated rings. The van der Waals surface area contributed by atoms with Crippen LogP contribution in [0.25, 0.3) is 27.5 Å². The molecule has 4 heteroatoms. The second-order valence-electron chi connectivity index (χ2n) is 8.38. The highest BCUT2D eigenvalue weighted by Gasteiger charge is 2.25. The molecular formula is C30H19ClN2O. The van der Waals surface area contributed by atoms with Gasteiger partial charge in [-0.05, 0) is 66.7 Å². The predicted molar refractivity (Wildman–Crippen MR) is 141 cm³/mol. The highest BCUT2D eigenvalue weighted by Crippen LogP contribution is 2.50. The second-order valence-corrected chi connectivity index (χ2v) is 8.78. The first-order valence-electron chi connectivity index (χ1n) is 11.2. The van der Waals surface area contributed by atoms with Crippen LogP contribution in [0, 0.1) is 0 Å². The van der Waals surface area contributed by atoms with Gasteiger partial charge in [-0.25, -0.2) is 0 Å². The Balaban J connectivity index is 1.41. The van der Waals surface area contributed by atoms with Crippen LogP contribution in [-0.4, -0.2) is 4.57 Å². The van der Waals surface area contributed by atoms with Gasteiger partial charge in [0.2, 0.25) is 0 Å². The Kier molecular flexibility index (Phi) is 4.20. The van der Waals surface area contributed by atoms with Crippen molar-refractivity contribution in [3.05, 3.63) is 120 Å². The average Bonchev–Trinajstić information content (AvgIpc) is 3.23. The van der Waals surface area contributed by atoms with E-state index in [1.807, 2.05) is 48.5 Å². The van der Waals surface area contributed by atoms with Crippen molar-refractivity contribution in [3.63, 3.8) is 0 Å². The minimum Gasteiger partial charge on any atom is -0.453 e. The van der Waals surface area contributed by atoms with Crippen LogP contribution in [0.1, 0.15) is 0 Å². The topological polar surface area (TPSA) is 17.4 Å². The zero-order chi connectivity index (χ0) is 22.6. The van der Waals surface area contributed by atoms with Gasteiger partial charge in [0.1, 0.15) is 0 Å². The van der Waals surface area contributed by atoms with E-state index in [1.165, 1.54) is 0 Å². The van der Waals surface area contributed by atoms with Crippen LogP contribution in [0.5, 0.6) is 11.5 Å². The zero-order valence-electron chi connectivity index (χ0n) is 18.2. The van der Waals surface area contributed by atoms with Crippen LogP contribution < -0.4 is 9.64 Å². The maximum atomic E-state index is 6.63. The Bertz CT molecular complexity index is 1660. The molecule has 0 saturated heterocycles. The van der Waals surface area contributed by atoms with Crippen LogP contribution in [0.2, 0.25) is 5.02 Å². The molecule has 6 aromatic rings. The van der Waals surface area contributed by atoms with Gasteiger partial charge in [-0.15, -0.1) is 0 Å². The summed E-state index contributed by atoms with van der Waals surface area (Å²) in [7, 11) is 0. The van der Waals surface area contributed by atoms with Gasteiger partial charge in [0.05, 0.1) is 27.4 Å². The molecule has 0 unspecified atom stereocenters. The number of anilines is 3. The molecule has 5 aromatic carbocycles. The first-order valence-corrected chi connectivity index (χ1v) is 11.6. The molecule has 0 spiro atoms. The van der Waals surface area contributed by atoms with Crippen molar-refractivity contribution in [3.8, 4) is 17.2 Å². The highest BCUT2D eigenvalue weighted by atomic mass is 35.5. The van der Waals surface area contributed by atoms with E-state index >= 15 is 0 Å². The van der Waals surface area contributed by atoms with Gasteiger partial charge in [0.15, 0.2) is 11.5 Å². The van der Waals surface area contributed by atoms with E-state index in [4.69, 9.17) is 16.3 Å². The largest absolute Gasteiger partial charge is 0.453 e. The molecule has 1 aromatic heterocycles. The summed E-state index contributed by atoms with van der Waals surface area (Å²) in [6.45, 7) is 0. The molecule has 3 nitrogen and oxygen atoms in total. The number of aromatic nitrogens is 1. The SMILES string of the molecule is Clc1cccc2c1c1ccccc1n2-c1ccc(N2c3ccccc3Oc3ccccc32)cc1. The van der Waals surface area contributed by atoms with Gasteiger partial charge in [-0.3, -0.25) is 0 Å². The van der Waals surface area contributed by atoms with Crippen molar-refractivity contribution in [2.24, 2.45) is 0 Å². The summed E-state index contributed by atoms with van der Waals surface area (Å²) < 4.78 is 8.44. The van der Waals surface area contributed by atoms with Crippen molar-refractivity contribution in [1.82, 2.24) is 4.57 Å². The Hall–Kier alpha value is -4.21. The minimum atomic E-state index is 0.769. The standard InChI is InChI=1S/C30H19ClN2O/c31-23-9-7-13-27-30(23)22-8-1-2-10-24(22)32(27)20-16-18-21(19-17-20)33-25-11-3-5-14-28(25)34-29-15-6-4-12-26(29)33/h1-19H. The maximum absolute atomic E-state index is 6.63. The van der Waals surface area contributed by atoms with Crippen LogP contribution in [0.4, 0.5) is 17.1 Å². The van der Waals surface area contributed by atoms with E-state index in [9.17, 15) is 0 Å². The van der Waals surface area contributed by atoms with Gasteiger partial charge in [0.25, 0.3) is 0 Å². The van der Waals surface area contributed by atoms with Crippen molar-refractivity contribution < 1.29 is 4.74 Å². The summed E-state index contributed by atoms with van der Waals surface area (Å²) in [5, 5.41) is 3.01. The number of hydrogen-bond acceptors (Lipinski definition) is 2. The molecule has 0 aliphatic carbocycles. The summed E-state index contributed by atoms with van der Waals surface area (Å²) in [4.78, 5) is 2.25. The molecule has 2 heterocycles. The van der Waals surface area contributed by atoms with Gasteiger partial charge >= 0.3 is 0 Å². The van der Waals surface area contributed by atoms with E-state index in [0.29, 0.717) is 0 Å². The number of nitrogens with zero attached hydrogens (tertiary/aromatic N) is 2. The molecular weight excluding hydrogens is 440 g/mol. The molecule has 34 heavy (non-hydrogen) atoms. The fourth-order valence-corrected chi connectivity index (χ4v) is 5.26. The van der Waals surface area contributed by atoms with Crippen molar-refractivity contribution >= 4 is 50.5 Å². The lowest BCUT2D eigenvalue weighted by Gasteiger charge is -2.32. The zero-order valence-corrected chi connectivity index (χ0v) is 18.9. The average molecular weight is 459 g/mol. The summed E-state index contributed by atoms with van der Waals surface area (Å²) in [5.41, 5.74) is 6.46. The lowest BCUT2D eigenvalue weighted by atomic mass is 10.1. The third kappa shape index (κ3) is 2.77. The Morgan fingerprint density at radius 3 is 1.85 bits per heavy atom. The highest BCUT2D eigenvalue weighted by molar-refractivity contribution is 6.38. The van der Waals surface area contributed by atoms with E-state index < -0.39 is 0 Å². The quantitative estimate of drug-likeness (QED) is 0.257. The molecule has 0 saturated carbocycles. The molecule has 1 aliphatic heterocycles. The van der Waals surface area contributed by atoms with Crippen LogP contribution in [0.15, 0.2) is 115 Å². The number of hydrogen-bond donors (Lipinski definition) is 0. The monoisotopic (exact) mass is 458 g/mol. The molecule has 0 radical (unpaired) electrons. The Morgan fingerprint density at radius 2 is 1.12 bits per heavy atom. The van der Waals surface area contributed by atoms with Crippen molar-refractivity contribution in [2.75, 3.05) is 4.90 Å². The fourth-order valence-electron chi connectivity index (χ4n) is 4.99. The summed E-state index contributed by atoms with van der Waals surface area (Å²) in [6, 6.07) is 39.5. The number of rotatable bonds is 2. The number of para-hydroxylation sites is 5. The first-order chi connectivity index (χ1) is 16.8. The van der Waals surface area contributed by atoms with Crippen LogP contribution >= 0.6 is 11.6 Å². The lowest BCUT2D eigenvalue weighted by molar-refractivity contribution is 0.477. The van der Waals surface area contributed by atoms with E-state index in [0.717, 1.165) is 61.1 Å². The molecule has 0 N–H and O–H groups in total. The number of fused-ring (bicyclic) bond motifs is 5. The summed E-state index contributed by atoms with van der Waals surface area (Å²) in [5.74, 6) is 1.70. The number of ether oxygens (including phenoxy) is 1. The third-order valence-electron chi connectivity index (χ3n) is 6.45. The van der Waals surface area contributed by atoms with E-state index in [-0.39, 0.29) is 0 Å². The van der Waals surface area contributed by atoms with Crippen LogP contribution in [-0.2, 0) is 0 Å². The lowest BCUT2D eigenvalue weighted by Crippen LogP contribution is -2.15. The molecule has 0 atom stereocenters. The van der Waals surface area contributed by atoms with Gasteiger partial charge in [0, 0.05) is 22.1 Å². The maximum Gasteiger partial charge on any atom is 0.151 e. The van der Waals surface area contributed by atoms with Crippen LogP contribution in [0.3, 0.4) is 0 Å². The first kappa shape index (κ1) is 19.3. The van der Waals surface area contributed by atoms with Crippen molar-refractivity contribution in [1.29, 1.82) is 0 Å². The molecule has 7 rings (SSSR count). The predicted octanol–water partition coefficient (Wildman–Crippen LogP) is 9.01. The molecule has 0 bridgehead atoms. The van der Waals surface area contributed by atoms with E-state index in [1.54, 1.807) is 0 Å². The molecule has 1 aliphatic rings. The number of halogens is 1. The minimum absolute atomic E-state index is 0.769. The normalized spacial score (nSPS) is 12.4. The summed E-state index contributed by atoms with van der Waals surface area (Å²) in [6.07, 6.45) is 0. The fraction of sp³-hybridized carbons (Fsp3) is 0. The van der Waals surface area contributed by atoms with Gasteiger partial charge in [-0.1, -0.05) is 60.1 Å².